The van der Waals surface area contributed by atoms with Gasteiger partial charge in [0.05, 0.1) is 20.3 Å². The lowest BCUT2D eigenvalue weighted by Crippen LogP contribution is -2.50. The second kappa shape index (κ2) is 8.74. The van der Waals surface area contributed by atoms with E-state index >= 15 is 0 Å². The van der Waals surface area contributed by atoms with Crippen LogP contribution >= 0.6 is 0 Å². The second-order valence-corrected chi connectivity index (χ2v) is 8.27. The van der Waals surface area contributed by atoms with Gasteiger partial charge in [-0.2, -0.15) is 0 Å². The number of rotatable bonds is 5. The Hall–Kier alpha value is -2.44. The largest absolute Gasteiger partial charge is 0.496 e. The number of methoxy groups -OCH3 is 1. The average Bonchev–Trinajstić information content (AvgIpc) is 2.75. The number of hydrogen-bond donors (Lipinski definition) is 0. The minimum absolute atomic E-state index is 0.116. The summed E-state index contributed by atoms with van der Waals surface area (Å²) in [6, 6.07) is 12.6. The van der Waals surface area contributed by atoms with E-state index in [0.29, 0.717) is 32.8 Å². The third-order valence-corrected chi connectivity index (χ3v) is 6.23. The fraction of sp³-hybridized carbons (Fsp3) is 0.458. The first kappa shape index (κ1) is 20.8. The van der Waals surface area contributed by atoms with Gasteiger partial charge in [0.15, 0.2) is 0 Å². The van der Waals surface area contributed by atoms with Gasteiger partial charge in [-0.15, -0.1) is 0 Å². The highest BCUT2D eigenvalue weighted by Gasteiger charge is 2.43. The monoisotopic (exact) mass is 412 g/mol. The number of ether oxygens (including phenoxy) is 2. The molecule has 0 unspecified atom stereocenters. The summed E-state index contributed by atoms with van der Waals surface area (Å²) >= 11 is 0. The normalized spacial score (nSPS) is 17.8. The SMILES string of the molecule is COc1cccc2c1C1(CCN(C(=O)CN(C)Cc3ccc(F)cc3)CC1)OCC2. The Morgan fingerprint density at radius 2 is 1.93 bits per heavy atom. The first-order valence-electron chi connectivity index (χ1n) is 10.5. The van der Waals surface area contributed by atoms with Crippen LogP contribution in [-0.2, 0) is 28.1 Å². The van der Waals surface area contributed by atoms with Crippen LogP contribution in [0.5, 0.6) is 5.75 Å². The van der Waals surface area contributed by atoms with Crippen LogP contribution in [0.25, 0.3) is 0 Å². The molecule has 0 N–H and O–H groups in total. The molecule has 2 aliphatic heterocycles. The van der Waals surface area contributed by atoms with Gasteiger partial charge >= 0.3 is 0 Å². The maximum absolute atomic E-state index is 13.1. The van der Waals surface area contributed by atoms with Crippen LogP contribution in [-0.4, -0.2) is 56.1 Å². The summed E-state index contributed by atoms with van der Waals surface area (Å²) in [5.41, 5.74) is 3.08. The zero-order valence-corrected chi connectivity index (χ0v) is 17.7. The first-order valence-corrected chi connectivity index (χ1v) is 10.5. The topological polar surface area (TPSA) is 42.0 Å². The molecule has 4 rings (SSSR count). The van der Waals surface area contributed by atoms with Gasteiger partial charge in [-0.25, -0.2) is 4.39 Å². The molecule has 0 aliphatic carbocycles. The van der Waals surface area contributed by atoms with Gasteiger partial charge < -0.3 is 14.4 Å². The van der Waals surface area contributed by atoms with E-state index in [1.54, 1.807) is 19.2 Å². The minimum atomic E-state index is -0.364. The number of likely N-dealkylation sites (tertiary alicyclic amines) is 1. The lowest BCUT2D eigenvalue weighted by molar-refractivity contribution is -0.141. The number of piperidine rings is 1. The zero-order valence-electron chi connectivity index (χ0n) is 17.7. The number of fused-ring (bicyclic) bond motifs is 2. The molecular weight excluding hydrogens is 383 g/mol. The fourth-order valence-electron chi connectivity index (χ4n) is 4.70. The number of hydrogen-bond acceptors (Lipinski definition) is 4. The second-order valence-electron chi connectivity index (χ2n) is 8.27. The lowest BCUT2D eigenvalue weighted by Gasteiger charge is -2.45. The molecule has 2 aromatic carbocycles. The van der Waals surface area contributed by atoms with Crippen LogP contribution in [0.3, 0.4) is 0 Å². The zero-order chi connectivity index (χ0) is 21.1. The Balaban J connectivity index is 1.38. The Labute approximate surface area is 177 Å². The van der Waals surface area contributed by atoms with E-state index in [1.165, 1.54) is 23.3 Å². The van der Waals surface area contributed by atoms with Crippen LogP contribution < -0.4 is 4.74 Å². The first-order chi connectivity index (χ1) is 14.5. The number of amides is 1. The molecule has 1 spiro atoms. The van der Waals surface area contributed by atoms with Crippen LogP contribution in [0, 0.1) is 5.82 Å². The fourth-order valence-corrected chi connectivity index (χ4v) is 4.70. The molecule has 0 bridgehead atoms. The van der Waals surface area contributed by atoms with Crippen molar-refractivity contribution in [2.75, 3.05) is 40.4 Å². The number of carbonyl (C=O) groups is 1. The van der Waals surface area contributed by atoms with Gasteiger partial charge in [0.2, 0.25) is 5.91 Å². The van der Waals surface area contributed by atoms with E-state index < -0.39 is 0 Å². The van der Waals surface area contributed by atoms with Crippen molar-refractivity contribution < 1.29 is 18.7 Å². The third kappa shape index (κ3) is 4.20. The highest BCUT2D eigenvalue weighted by Crippen LogP contribution is 2.45. The molecule has 160 valence electrons. The van der Waals surface area contributed by atoms with Crippen LogP contribution in [0.15, 0.2) is 42.5 Å². The van der Waals surface area contributed by atoms with E-state index in [-0.39, 0.29) is 17.3 Å². The molecule has 6 heteroatoms. The molecule has 1 fully saturated rings. The Bertz CT molecular complexity index is 878. The lowest BCUT2D eigenvalue weighted by atomic mass is 9.78. The van der Waals surface area contributed by atoms with Crippen molar-refractivity contribution in [3.05, 3.63) is 65.0 Å². The van der Waals surface area contributed by atoms with Crippen molar-refractivity contribution in [2.45, 2.75) is 31.4 Å². The number of halogens is 1. The van der Waals surface area contributed by atoms with Crippen molar-refractivity contribution in [1.29, 1.82) is 0 Å². The summed E-state index contributed by atoms with van der Waals surface area (Å²) in [5, 5.41) is 0. The molecule has 0 aromatic heterocycles. The Morgan fingerprint density at radius 1 is 1.20 bits per heavy atom. The average molecular weight is 413 g/mol. The highest BCUT2D eigenvalue weighted by molar-refractivity contribution is 5.78. The summed E-state index contributed by atoms with van der Waals surface area (Å²) in [7, 11) is 3.62. The predicted octanol–water partition coefficient (Wildman–Crippen LogP) is 3.36. The molecule has 2 aromatic rings. The molecule has 0 atom stereocenters. The third-order valence-electron chi connectivity index (χ3n) is 6.23. The van der Waals surface area contributed by atoms with Gasteiger partial charge in [-0.3, -0.25) is 9.69 Å². The van der Waals surface area contributed by atoms with E-state index in [0.717, 1.165) is 30.6 Å². The van der Waals surface area contributed by atoms with Crippen molar-refractivity contribution in [3.63, 3.8) is 0 Å². The van der Waals surface area contributed by atoms with Gasteiger partial charge in [0, 0.05) is 25.2 Å². The van der Waals surface area contributed by atoms with E-state index in [2.05, 4.69) is 6.07 Å². The quantitative estimate of drug-likeness (QED) is 0.755. The van der Waals surface area contributed by atoms with Crippen molar-refractivity contribution in [1.82, 2.24) is 9.80 Å². The number of nitrogens with zero attached hydrogens (tertiary/aromatic N) is 2. The highest BCUT2D eigenvalue weighted by atomic mass is 19.1. The molecule has 2 aliphatic rings. The van der Waals surface area contributed by atoms with Crippen molar-refractivity contribution in [2.24, 2.45) is 0 Å². The molecule has 5 nitrogen and oxygen atoms in total. The summed E-state index contributed by atoms with van der Waals surface area (Å²) in [5.74, 6) is 0.749. The Morgan fingerprint density at radius 3 is 2.63 bits per heavy atom. The summed E-state index contributed by atoms with van der Waals surface area (Å²) in [6.07, 6.45) is 2.44. The summed E-state index contributed by atoms with van der Waals surface area (Å²) in [4.78, 5) is 16.7. The van der Waals surface area contributed by atoms with E-state index in [9.17, 15) is 9.18 Å². The molecule has 1 amide bonds. The molecule has 30 heavy (non-hydrogen) atoms. The van der Waals surface area contributed by atoms with Crippen LogP contribution in [0.1, 0.15) is 29.5 Å². The number of likely N-dealkylation sites (N-methyl/N-ethyl adjacent to an activating group) is 1. The maximum Gasteiger partial charge on any atom is 0.236 e. The van der Waals surface area contributed by atoms with Gasteiger partial charge in [0.1, 0.15) is 17.2 Å². The molecule has 0 saturated carbocycles. The number of benzene rings is 2. The van der Waals surface area contributed by atoms with Gasteiger partial charge in [-0.1, -0.05) is 24.3 Å². The van der Waals surface area contributed by atoms with E-state index in [1.807, 2.05) is 29.0 Å². The van der Waals surface area contributed by atoms with Crippen LogP contribution in [0.2, 0.25) is 0 Å². The Kier molecular flexibility index (Phi) is 6.06. The predicted molar refractivity (Wildman–Crippen MR) is 113 cm³/mol. The van der Waals surface area contributed by atoms with Gasteiger partial charge in [-0.05, 0) is 55.6 Å². The van der Waals surface area contributed by atoms with Crippen molar-refractivity contribution in [3.8, 4) is 5.75 Å². The van der Waals surface area contributed by atoms with Crippen LogP contribution in [0.4, 0.5) is 4.39 Å². The standard InChI is InChI=1S/C24H29FN2O3/c1-26(16-18-6-8-20(25)9-7-18)17-22(28)27-13-11-24(12-14-27)23-19(10-15-30-24)4-3-5-21(23)29-2/h3-9H,10-17H2,1-2H3. The molecule has 0 radical (unpaired) electrons. The summed E-state index contributed by atoms with van der Waals surface area (Å²) < 4.78 is 25.0. The molecular formula is C24H29FN2O3. The minimum Gasteiger partial charge on any atom is -0.496 e. The molecule has 1 saturated heterocycles. The smallest absolute Gasteiger partial charge is 0.236 e. The number of carbonyl (C=O) groups excluding carboxylic acids is 1. The van der Waals surface area contributed by atoms with Crippen molar-refractivity contribution >= 4 is 5.91 Å². The maximum atomic E-state index is 13.1. The molecule has 2 heterocycles. The summed E-state index contributed by atoms with van der Waals surface area (Å²) in [6.45, 7) is 2.98. The van der Waals surface area contributed by atoms with E-state index in [4.69, 9.17) is 9.47 Å². The van der Waals surface area contributed by atoms with Gasteiger partial charge in [0.25, 0.3) is 0 Å².